The number of aromatic nitrogens is 1. The summed E-state index contributed by atoms with van der Waals surface area (Å²) in [6.07, 6.45) is 10.0. The molecule has 14 heteroatoms. The number of nitrogens with one attached hydrogen (secondary N) is 2. The molecule has 3 heterocycles. The van der Waals surface area contributed by atoms with Crippen molar-refractivity contribution < 1.29 is 42.9 Å². The Hall–Kier alpha value is -4.20. The minimum atomic E-state index is -1.23. The lowest BCUT2D eigenvalue weighted by molar-refractivity contribution is -0.150. The molecule has 0 radical (unpaired) electrons. The highest BCUT2D eigenvalue weighted by atomic mass is 79.9. The number of Topliss-reactive ketones (excluding diaryl/α,β-unsaturated/α-hetero) is 1. The number of hydrogen-bond acceptors (Lipinski definition) is 10. The van der Waals surface area contributed by atoms with Gasteiger partial charge in [0.15, 0.2) is 5.78 Å². The average Bonchev–Trinajstić information content (AvgIpc) is 3.41. The van der Waals surface area contributed by atoms with Gasteiger partial charge in [0.2, 0.25) is 11.8 Å². The Kier molecular flexibility index (Phi) is 12.0. The topological polar surface area (TPSA) is 162 Å². The molecule has 1 aromatic heterocycles. The predicted octanol–water partition coefficient (Wildman–Crippen LogP) is 5.17. The average molecular weight is 784 g/mol. The van der Waals surface area contributed by atoms with Gasteiger partial charge in [-0.15, -0.1) is 0 Å². The second-order valence-corrected chi connectivity index (χ2v) is 14.6. The van der Waals surface area contributed by atoms with E-state index in [1.54, 1.807) is 31.2 Å². The predicted molar refractivity (Wildman–Crippen MR) is 194 cm³/mol. The van der Waals surface area contributed by atoms with Crippen LogP contribution in [0.2, 0.25) is 0 Å². The highest BCUT2D eigenvalue weighted by Crippen LogP contribution is 2.46. The minimum absolute atomic E-state index is 0.0181. The summed E-state index contributed by atoms with van der Waals surface area (Å²) in [6.45, 7) is 1.90. The van der Waals surface area contributed by atoms with E-state index in [2.05, 4.69) is 31.5 Å². The van der Waals surface area contributed by atoms with Gasteiger partial charge in [0, 0.05) is 29.9 Å². The summed E-state index contributed by atoms with van der Waals surface area (Å²) >= 11 is 3.22. The maximum absolute atomic E-state index is 14.5. The molecule has 1 saturated heterocycles. The van der Waals surface area contributed by atoms with Gasteiger partial charge in [-0.25, -0.2) is 14.6 Å². The number of alkyl halides is 1. The Balaban J connectivity index is 1.32. The quantitative estimate of drug-likeness (QED) is 0.150. The van der Waals surface area contributed by atoms with Crippen LogP contribution in [0, 0.1) is 5.92 Å². The van der Waals surface area contributed by atoms with Crippen molar-refractivity contribution in [2.75, 3.05) is 25.6 Å². The number of ether oxygens (including phenoxy) is 4. The van der Waals surface area contributed by atoms with E-state index in [1.165, 1.54) is 12.0 Å². The van der Waals surface area contributed by atoms with E-state index in [-0.39, 0.29) is 48.4 Å². The van der Waals surface area contributed by atoms with Gasteiger partial charge in [-0.3, -0.25) is 14.4 Å². The van der Waals surface area contributed by atoms with Crippen LogP contribution in [0.3, 0.4) is 0 Å². The van der Waals surface area contributed by atoms with Crippen LogP contribution < -0.4 is 20.1 Å². The second kappa shape index (κ2) is 16.6. The van der Waals surface area contributed by atoms with Crippen LogP contribution in [-0.2, 0) is 23.9 Å². The number of nitrogens with zero attached hydrogens (tertiary/aromatic N) is 2. The number of rotatable bonds is 9. The van der Waals surface area contributed by atoms with Crippen LogP contribution >= 0.6 is 15.9 Å². The molecule has 5 atom stereocenters. The molecule has 2 aliphatic heterocycles. The Morgan fingerprint density at radius 2 is 1.85 bits per heavy atom. The standard InChI is InChI=1S/C38H47BrN4O9/c1-3-50-36(47)38-20-23(38)11-7-5-4-6-8-14-28(41-37(48)52-24-12-9-10-13-24)35(46)43-22-26(18-31(43)34(45)42-38)51-33-19-30(32(44)21-39)40-29-17-25(49-2)15-16-27(29)33/h7,11,15-17,19,23-24,26,28,31H,3-6,8-10,12-14,18,20-22H2,1-2H3,(H,41,48)(H,42,45)/t23?,26-,28+,31+,38-/m1/s1. The normalized spacial score (nSPS) is 26.7. The van der Waals surface area contributed by atoms with E-state index < -0.39 is 47.6 Å². The lowest BCUT2D eigenvalue weighted by Gasteiger charge is -2.29. The lowest BCUT2D eigenvalue weighted by Crippen LogP contribution is -2.56. The molecule has 2 aromatic rings. The van der Waals surface area contributed by atoms with Crippen molar-refractivity contribution in [1.29, 1.82) is 0 Å². The van der Waals surface area contributed by atoms with Crippen LogP contribution in [0.25, 0.3) is 10.9 Å². The molecule has 2 saturated carbocycles. The molecule has 0 bridgehead atoms. The number of benzene rings is 1. The largest absolute Gasteiger partial charge is 0.497 e. The molecule has 2 aliphatic carbocycles. The summed E-state index contributed by atoms with van der Waals surface area (Å²) in [5, 5.41) is 6.48. The number of alkyl carbamates (subject to hydrolysis) is 1. The summed E-state index contributed by atoms with van der Waals surface area (Å²) < 4.78 is 23.0. The zero-order valence-electron chi connectivity index (χ0n) is 29.7. The van der Waals surface area contributed by atoms with E-state index in [0.29, 0.717) is 41.7 Å². The molecule has 0 spiro atoms. The third kappa shape index (κ3) is 8.37. The summed E-state index contributed by atoms with van der Waals surface area (Å²) in [4.78, 5) is 73.9. The molecular weight excluding hydrogens is 736 g/mol. The molecule has 1 aromatic carbocycles. The fourth-order valence-corrected chi connectivity index (χ4v) is 7.81. The van der Waals surface area contributed by atoms with Crippen molar-refractivity contribution in [3.05, 3.63) is 42.1 Å². The van der Waals surface area contributed by atoms with Crippen molar-refractivity contribution in [2.45, 2.75) is 107 Å². The number of allylic oxidation sites excluding steroid dienone is 1. The first-order chi connectivity index (χ1) is 25.1. The number of halogens is 1. The maximum atomic E-state index is 14.5. The summed E-state index contributed by atoms with van der Waals surface area (Å²) in [7, 11) is 1.54. The van der Waals surface area contributed by atoms with Crippen molar-refractivity contribution in [1.82, 2.24) is 20.5 Å². The van der Waals surface area contributed by atoms with Gasteiger partial charge in [-0.05, 0) is 70.4 Å². The number of methoxy groups -OCH3 is 1. The molecule has 280 valence electrons. The summed E-state index contributed by atoms with van der Waals surface area (Å²) in [6, 6.07) is 4.86. The van der Waals surface area contributed by atoms with Crippen molar-refractivity contribution >= 4 is 56.5 Å². The van der Waals surface area contributed by atoms with E-state index in [9.17, 15) is 24.0 Å². The van der Waals surface area contributed by atoms with Gasteiger partial charge >= 0.3 is 12.1 Å². The van der Waals surface area contributed by atoms with Gasteiger partial charge in [0.05, 0.1) is 31.1 Å². The number of carbonyl (C=O) groups is 5. The molecule has 1 unspecified atom stereocenters. The van der Waals surface area contributed by atoms with Crippen LogP contribution in [0.1, 0.15) is 88.0 Å². The molecular formula is C38H47BrN4O9. The SMILES string of the molecule is CCOC(=O)[C@@]12CC1C=CCCCCC[C@H](NC(=O)OC1CCCC1)C(=O)N1C[C@H](Oc3cc(C(=O)CBr)nc4cc(OC)ccc34)C[C@H]1C(=O)N2. The maximum Gasteiger partial charge on any atom is 0.408 e. The highest BCUT2D eigenvalue weighted by Gasteiger charge is 2.62. The van der Waals surface area contributed by atoms with Crippen LogP contribution in [-0.4, -0.2) is 95.0 Å². The molecule has 52 heavy (non-hydrogen) atoms. The van der Waals surface area contributed by atoms with Crippen molar-refractivity contribution in [3.63, 3.8) is 0 Å². The van der Waals surface area contributed by atoms with E-state index in [0.717, 1.165) is 44.9 Å². The monoisotopic (exact) mass is 782 g/mol. The van der Waals surface area contributed by atoms with E-state index in [4.69, 9.17) is 18.9 Å². The Labute approximate surface area is 311 Å². The first kappa shape index (κ1) is 37.6. The smallest absolute Gasteiger partial charge is 0.408 e. The first-order valence-electron chi connectivity index (χ1n) is 18.3. The number of ketones is 1. The van der Waals surface area contributed by atoms with Crippen LogP contribution in [0.4, 0.5) is 4.79 Å². The zero-order valence-corrected chi connectivity index (χ0v) is 31.3. The molecule has 3 amide bonds. The summed E-state index contributed by atoms with van der Waals surface area (Å²) in [5.41, 5.74) is -0.563. The number of carbonyl (C=O) groups excluding carboxylic acids is 5. The lowest BCUT2D eigenvalue weighted by atomic mass is 10.0. The Morgan fingerprint density at radius 1 is 1.06 bits per heavy atom. The Bertz CT molecular complexity index is 1710. The van der Waals surface area contributed by atoms with Crippen molar-refractivity contribution in [3.8, 4) is 11.5 Å². The number of hydrogen-bond donors (Lipinski definition) is 2. The van der Waals surface area contributed by atoms with Crippen LogP contribution in [0.5, 0.6) is 11.5 Å². The number of pyridine rings is 1. The van der Waals surface area contributed by atoms with E-state index >= 15 is 0 Å². The number of esters is 1. The summed E-state index contributed by atoms with van der Waals surface area (Å²) in [5.74, 6) is -1.02. The van der Waals surface area contributed by atoms with E-state index in [1.807, 2.05) is 12.2 Å². The molecule has 13 nitrogen and oxygen atoms in total. The van der Waals surface area contributed by atoms with Crippen LogP contribution in [0.15, 0.2) is 36.4 Å². The fourth-order valence-electron chi connectivity index (χ4n) is 7.52. The van der Waals surface area contributed by atoms with Gasteiger partial charge in [0.1, 0.15) is 47.0 Å². The molecule has 6 rings (SSSR count). The minimum Gasteiger partial charge on any atom is -0.497 e. The van der Waals surface area contributed by atoms with Crippen molar-refractivity contribution in [2.24, 2.45) is 5.92 Å². The van der Waals surface area contributed by atoms with Gasteiger partial charge in [0.25, 0.3) is 0 Å². The fraction of sp³-hybridized carbons (Fsp3) is 0.579. The molecule has 4 aliphatic rings. The number of amides is 3. The highest BCUT2D eigenvalue weighted by molar-refractivity contribution is 9.09. The first-order valence-corrected chi connectivity index (χ1v) is 19.5. The number of fused-ring (bicyclic) bond motifs is 3. The molecule has 2 N–H and O–H groups in total. The molecule has 3 fully saturated rings. The second-order valence-electron chi connectivity index (χ2n) is 14.0. The van der Waals surface area contributed by atoms with Gasteiger partial charge in [-0.2, -0.15) is 0 Å². The van der Waals surface area contributed by atoms with Gasteiger partial charge in [-0.1, -0.05) is 40.9 Å². The third-order valence-electron chi connectivity index (χ3n) is 10.4. The zero-order chi connectivity index (χ0) is 36.8. The third-order valence-corrected chi connectivity index (χ3v) is 10.9. The Morgan fingerprint density at radius 3 is 2.60 bits per heavy atom. The van der Waals surface area contributed by atoms with Gasteiger partial charge < -0.3 is 34.5 Å².